The van der Waals surface area contributed by atoms with Crippen LogP contribution in [0.1, 0.15) is 46.1 Å². The summed E-state index contributed by atoms with van der Waals surface area (Å²) < 4.78 is 11.1. The number of nitrogens with zero attached hydrogens (tertiary/aromatic N) is 1. The Morgan fingerprint density at radius 3 is 2.50 bits per heavy atom. The van der Waals surface area contributed by atoms with E-state index in [4.69, 9.17) is 9.15 Å². The van der Waals surface area contributed by atoms with Gasteiger partial charge < -0.3 is 14.5 Å². The molecule has 1 atom stereocenters. The first-order valence-electron chi connectivity index (χ1n) is 7.41. The maximum atomic E-state index is 5.89. The van der Waals surface area contributed by atoms with Crippen LogP contribution in [0.25, 0.3) is 0 Å². The number of nitrogens with one attached hydrogen (secondary N) is 1. The first kappa shape index (κ1) is 17.2. The van der Waals surface area contributed by atoms with Gasteiger partial charge >= 0.3 is 0 Å². The van der Waals surface area contributed by atoms with Gasteiger partial charge in [0, 0.05) is 18.7 Å². The summed E-state index contributed by atoms with van der Waals surface area (Å²) >= 11 is 0. The standard InChI is InChI=1S/C16H30N2O2/c1-7-18(13(2)12-19-6)11-15-9-8-14(20-15)10-17-16(3,4)5/h8-9,13,17H,7,10-12H2,1-6H3. The van der Waals surface area contributed by atoms with Crippen molar-refractivity contribution in [1.82, 2.24) is 10.2 Å². The molecule has 116 valence electrons. The Morgan fingerprint density at radius 2 is 1.95 bits per heavy atom. The van der Waals surface area contributed by atoms with Gasteiger partial charge in [0.2, 0.25) is 0 Å². The van der Waals surface area contributed by atoms with Gasteiger partial charge in [-0.15, -0.1) is 0 Å². The van der Waals surface area contributed by atoms with Crippen LogP contribution >= 0.6 is 0 Å². The fourth-order valence-corrected chi connectivity index (χ4v) is 2.08. The molecule has 1 aromatic heterocycles. The molecule has 0 aliphatic carbocycles. The Hall–Kier alpha value is -0.840. The highest BCUT2D eigenvalue weighted by molar-refractivity contribution is 5.07. The summed E-state index contributed by atoms with van der Waals surface area (Å²) in [5.41, 5.74) is 0.107. The van der Waals surface area contributed by atoms with Crippen molar-refractivity contribution in [3.05, 3.63) is 23.7 Å². The van der Waals surface area contributed by atoms with Crippen LogP contribution in [0, 0.1) is 0 Å². The van der Waals surface area contributed by atoms with Gasteiger partial charge in [0.25, 0.3) is 0 Å². The Morgan fingerprint density at radius 1 is 1.30 bits per heavy atom. The van der Waals surface area contributed by atoms with E-state index in [-0.39, 0.29) is 5.54 Å². The monoisotopic (exact) mass is 282 g/mol. The molecule has 0 aliphatic heterocycles. The second kappa shape index (κ2) is 7.81. The van der Waals surface area contributed by atoms with E-state index in [1.807, 2.05) is 0 Å². The van der Waals surface area contributed by atoms with E-state index in [1.165, 1.54) is 0 Å². The third-order valence-electron chi connectivity index (χ3n) is 3.31. The minimum atomic E-state index is 0.107. The largest absolute Gasteiger partial charge is 0.463 e. The smallest absolute Gasteiger partial charge is 0.118 e. The average Bonchev–Trinajstić information content (AvgIpc) is 2.80. The molecule has 0 aromatic carbocycles. The van der Waals surface area contributed by atoms with Crippen LogP contribution in [0.5, 0.6) is 0 Å². The summed E-state index contributed by atoms with van der Waals surface area (Å²) in [4.78, 5) is 2.35. The Labute approximate surface area is 123 Å². The molecule has 0 aliphatic rings. The fraction of sp³-hybridized carbons (Fsp3) is 0.750. The highest BCUT2D eigenvalue weighted by atomic mass is 16.5. The van der Waals surface area contributed by atoms with Crippen molar-refractivity contribution in [2.45, 2.75) is 59.3 Å². The Kier molecular flexibility index (Phi) is 6.72. The minimum absolute atomic E-state index is 0.107. The van der Waals surface area contributed by atoms with Crippen molar-refractivity contribution in [1.29, 1.82) is 0 Å². The summed E-state index contributed by atoms with van der Waals surface area (Å²) in [6.45, 7) is 14.1. The molecule has 1 rings (SSSR count). The van der Waals surface area contributed by atoms with Crippen LogP contribution in [0.2, 0.25) is 0 Å². The van der Waals surface area contributed by atoms with Gasteiger partial charge in [0.15, 0.2) is 0 Å². The molecule has 0 spiro atoms. The third-order valence-corrected chi connectivity index (χ3v) is 3.31. The Balaban J connectivity index is 2.53. The van der Waals surface area contributed by atoms with Crippen LogP contribution in [0.4, 0.5) is 0 Å². The van der Waals surface area contributed by atoms with Gasteiger partial charge in [-0.1, -0.05) is 6.92 Å². The lowest BCUT2D eigenvalue weighted by molar-refractivity contribution is 0.0932. The van der Waals surface area contributed by atoms with Crippen molar-refractivity contribution in [3.63, 3.8) is 0 Å². The van der Waals surface area contributed by atoms with Crippen LogP contribution in [-0.4, -0.2) is 36.7 Å². The molecule has 1 unspecified atom stereocenters. The predicted molar refractivity (Wildman–Crippen MR) is 82.7 cm³/mol. The molecule has 1 N–H and O–H groups in total. The van der Waals surface area contributed by atoms with E-state index in [2.05, 4.69) is 57.0 Å². The summed E-state index contributed by atoms with van der Waals surface area (Å²) in [6, 6.07) is 4.52. The quantitative estimate of drug-likeness (QED) is 0.795. The van der Waals surface area contributed by atoms with Crippen LogP contribution < -0.4 is 5.32 Å². The first-order chi connectivity index (χ1) is 9.35. The topological polar surface area (TPSA) is 37.6 Å². The highest BCUT2D eigenvalue weighted by Crippen LogP contribution is 2.13. The summed E-state index contributed by atoms with van der Waals surface area (Å²) in [5, 5.41) is 3.43. The molecule has 0 amide bonds. The first-order valence-corrected chi connectivity index (χ1v) is 7.41. The number of ether oxygens (including phenoxy) is 1. The summed E-state index contributed by atoms with van der Waals surface area (Å²) in [6.07, 6.45) is 0. The number of furan rings is 1. The van der Waals surface area contributed by atoms with Crippen molar-refractivity contribution in [2.24, 2.45) is 0 Å². The molecule has 0 fully saturated rings. The molecule has 1 aromatic rings. The molecule has 0 bridgehead atoms. The number of hydrogen-bond donors (Lipinski definition) is 1. The zero-order valence-electron chi connectivity index (χ0n) is 13.8. The maximum absolute atomic E-state index is 5.89. The van der Waals surface area contributed by atoms with Crippen LogP contribution in [0.15, 0.2) is 16.5 Å². The lowest BCUT2D eigenvalue weighted by atomic mass is 10.1. The SMILES string of the molecule is CCN(Cc1ccc(CNC(C)(C)C)o1)C(C)COC. The number of rotatable bonds is 8. The molecule has 4 heteroatoms. The van der Waals surface area contributed by atoms with Crippen molar-refractivity contribution in [2.75, 3.05) is 20.3 Å². The maximum Gasteiger partial charge on any atom is 0.118 e. The van der Waals surface area contributed by atoms with Crippen LogP contribution in [0.3, 0.4) is 0 Å². The van der Waals surface area contributed by atoms with E-state index in [9.17, 15) is 0 Å². The van der Waals surface area contributed by atoms with Gasteiger partial charge in [0.05, 0.1) is 19.7 Å². The summed E-state index contributed by atoms with van der Waals surface area (Å²) in [7, 11) is 1.74. The van der Waals surface area contributed by atoms with Gasteiger partial charge in [-0.3, -0.25) is 4.90 Å². The second-order valence-corrected chi connectivity index (χ2v) is 6.34. The van der Waals surface area contributed by atoms with Crippen LogP contribution in [-0.2, 0) is 17.8 Å². The molecule has 20 heavy (non-hydrogen) atoms. The number of methoxy groups -OCH3 is 1. The van der Waals surface area contributed by atoms with Crippen molar-refractivity contribution < 1.29 is 9.15 Å². The molecule has 4 nitrogen and oxygen atoms in total. The highest BCUT2D eigenvalue weighted by Gasteiger charge is 2.15. The van der Waals surface area contributed by atoms with E-state index >= 15 is 0 Å². The normalized spacial score (nSPS) is 13.9. The van der Waals surface area contributed by atoms with Crippen molar-refractivity contribution in [3.8, 4) is 0 Å². The summed E-state index contributed by atoms with van der Waals surface area (Å²) in [5.74, 6) is 2.01. The zero-order valence-corrected chi connectivity index (χ0v) is 13.8. The van der Waals surface area contributed by atoms with E-state index in [0.717, 1.165) is 37.8 Å². The zero-order chi connectivity index (χ0) is 15.2. The van der Waals surface area contributed by atoms with Gasteiger partial charge in [0.1, 0.15) is 11.5 Å². The lowest BCUT2D eigenvalue weighted by Gasteiger charge is -2.26. The molecular formula is C16H30N2O2. The van der Waals surface area contributed by atoms with Gasteiger partial charge in [-0.05, 0) is 46.4 Å². The van der Waals surface area contributed by atoms with Gasteiger partial charge in [-0.2, -0.15) is 0 Å². The molecule has 0 saturated heterocycles. The predicted octanol–water partition coefficient (Wildman–Crippen LogP) is 3.02. The third kappa shape index (κ3) is 6.07. The number of hydrogen-bond acceptors (Lipinski definition) is 4. The van der Waals surface area contributed by atoms with Crippen molar-refractivity contribution >= 4 is 0 Å². The minimum Gasteiger partial charge on any atom is -0.463 e. The second-order valence-electron chi connectivity index (χ2n) is 6.34. The van der Waals surface area contributed by atoms with E-state index in [0.29, 0.717) is 6.04 Å². The molecular weight excluding hydrogens is 252 g/mol. The lowest BCUT2D eigenvalue weighted by Crippen LogP contribution is -2.35. The molecule has 0 radical (unpaired) electrons. The molecule has 0 saturated carbocycles. The van der Waals surface area contributed by atoms with Gasteiger partial charge in [-0.25, -0.2) is 0 Å². The number of likely N-dealkylation sites (N-methyl/N-ethyl adjacent to an activating group) is 1. The average molecular weight is 282 g/mol. The Bertz CT molecular complexity index is 382. The van der Waals surface area contributed by atoms with E-state index < -0.39 is 0 Å². The molecule has 1 heterocycles. The van der Waals surface area contributed by atoms with E-state index in [1.54, 1.807) is 7.11 Å². The fourth-order valence-electron chi connectivity index (χ4n) is 2.08.